The van der Waals surface area contributed by atoms with E-state index < -0.39 is 5.41 Å². The molecule has 6 heteroatoms. The zero-order valence-corrected chi connectivity index (χ0v) is 16.4. The Morgan fingerprint density at radius 2 is 1.81 bits per heavy atom. The van der Waals surface area contributed by atoms with Crippen molar-refractivity contribution < 1.29 is 14.3 Å². The van der Waals surface area contributed by atoms with Crippen molar-refractivity contribution in [2.45, 2.75) is 38.6 Å². The second kappa shape index (κ2) is 8.85. The molecule has 148 valence electrons. The van der Waals surface area contributed by atoms with Crippen LogP contribution in [-0.4, -0.2) is 62.7 Å². The van der Waals surface area contributed by atoms with Crippen LogP contribution in [0.15, 0.2) is 24.3 Å². The summed E-state index contributed by atoms with van der Waals surface area (Å²) in [6.45, 7) is 5.53. The van der Waals surface area contributed by atoms with Crippen LogP contribution in [0.3, 0.4) is 0 Å². The van der Waals surface area contributed by atoms with E-state index in [0.717, 1.165) is 49.9 Å². The first-order chi connectivity index (χ1) is 13.0. The molecule has 6 nitrogen and oxygen atoms in total. The van der Waals surface area contributed by atoms with E-state index in [4.69, 9.17) is 4.74 Å². The van der Waals surface area contributed by atoms with Gasteiger partial charge in [-0.25, -0.2) is 0 Å². The number of hydrogen-bond donors (Lipinski definition) is 2. The number of methoxy groups -OCH3 is 1. The van der Waals surface area contributed by atoms with Gasteiger partial charge in [-0.2, -0.15) is 0 Å². The van der Waals surface area contributed by atoms with Crippen LogP contribution in [0.25, 0.3) is 0 Å². The van der Waals surface area contributed by atoms with E-state index in [1.807, 2.05) is 36.1 Å². The number of aryl methyl sites for hydroxylation is 1. The fourth-order valence-corrected chi connectivity index (χ4v) is 4.06. The number of likely N-dealkylation sites (tertiary alicyclic amines) is 1. The van der Waals surface area contributed by atoms with E-state index in [9.17, 15) is 9.59 Å². The van der Waals surface area contributed by atoms with Crippen molar-refractivity contribution in [2.24, 2.45) is 5.41 Å². The number of hydrogen-bond acceptors (Lipinski definition) is 4. The van der Waals surface area contributed by atoms with E-state index in [-0.39, 0.29) is 17.9 Å². The highest BCUT2D eigenvalue weighted by molar-refractivity contribution is 5.94. The monoisotopic (exact) mass is 373 g/mol. The third-order valence-electron chi connectivity index (χ3n) is 5.88. The van der Waals surface area contributed by atoms with Gasteiger partial charge in [0.15, 0.2) is 0 Å². The Bertz CT molecular complexity index is 640. The van der Waals surface area contributed by atoms with Crippen molar-refractivity contribution in [1.82, 2.24) is 15.5 Å². The Hall–Kier alpha value is -1.92. The summed E-state index contributed by atoms with van der Waals surface area (Å²) in [7, 11) is 1.66. The molecule has 1 aromatic rings. The number of ether oxygens (including phenoxy) is 1. The SMILES string of the molecule is COCC1(C(=O)NC2CCN(C(=O)c3ccc(C)cc3)CC2)CCNCC1. The first-order valence-electron chi connectivity index (χ1n) is 9.91. The van der Waals surface area contributed by atoms with Gasteiger partial charge in [-0.15, -0.1) is 0 Å². The van der Waals surface area contributed by atoms with E-state index in [2.05, 4.69) is 10.6 Å². The number of rotatable bonds is 5. The molecular formula is C21H31N3O3. The number of amides is 2. The van der Waals surface area contributed by atoms with Gasteiger partial charge in [-0.1, -0.05) is 17.7 Å². The lowest BCUT2D eigenvalue weighted by Crippen LogP contribution is -2.54. The molecule has 0 saturated carbocycles. The van der Waals surface area contributed by atoms with Crippen LogP contribution in [0.5, 0.6) is 0 Å². The molecule has 0 unspecified atom stereocenters. The zero-order valence-electron chi connectivity index (χ0n) is 16.4. The van der Waals surface area contributed by atoms with Gasteiger partial charge in [-0.3, -0.25) is 9.59 Å². The maximum Gasteiger partial charge on any atom is 0.253 e. The van der Waals surface area contributed by atoms with E-state index >= 15 is 0 Å². The van der Waals surface area contributed by atoms with Crippen LogP contribution in [0.1, 0.15) is 41.6 Å². The molecular weight excluding hydrogens is 342 g/mol. The molecule has 0 aromatic heterocycles. The standard InChI is InChI=1S/C21H31N3O3/c1-16-3-5-17(6-4-16)19(25)24-13-7-18(8-14-24)23-20(26)21(15-27-2)9-11-22-12-10-21/h3-6,18,22H,7-15H2,1-2H3,(H,23,26). The summed E-state index contributed by atoms with van der Waals surface area (Å²) in [6.07, 6.45) is 3.20. The normalized spacial score (nSPS) is 20.3. The molecule has 2 N–H and O–H groups in total. The van der Waals surface area contributed by atoms with Crippen molar-refractivity contribution in [3.63, 3.8) is 0 Å². The fourth-order valence-electron chi connectivity index (χ4n) is 4.06. The fraction of sp³-hybridized carbons (Fsp3) is 0.619. The molecule has 1 aromatic carbocycles. The minimum atomic E-state index is -0.422. The topological polar surface area (TPSA) is 70.7 Å². The Labute approximate surface area is 161 Å². The minimum Gasteiger partial charge on any atom is -0.384 e. The third kappa shape index (κ3) is 4.68. The molecule has 0 bridgehead atoms. The van der Waals surface area contributed by atoms with Crippen molar-refractivity contribution in [2.75, 3.05) is 39.9 Å². The van der Waals surface area contributed by atoms with Gasteiger partial charge in [0.1, 0.15) is 0 Å². The summed E-state index contributed by atoms with van der Waals surface area (Å²) in [4.78, 5) is 27.5. The van der Waals surface area contributed by atoms with E-state index in [0.29, 0.717) is 19.7 Å². The lowest BCUT2D eigenvalue weighted by molar-refractivity contribution is -0.137. The van der Waals surface area contributed by atoms with E-state index in [1.165, 1.54) is 0 Å². The first kappa shape index (κ1) is 19.8. The van der Waals surface area contributed by atoms with Gasteiger partial charge in [-0.05, 0) is 57.8 Å². The second-order valence-electron chi connectivity index (χ2n) is 7.87. The number of nitrogens with one attached hydrogen (secondary N) is 2. The van der Waals surface area contributed by atoms with Crippen LogP contribution in [0, 0.1) is 12.3 Å². The molecule has 0 aliphatic carbocycles. The average Bonchev–Trinajstić information content (AvgIpc) is 2.69. The van der Waals surface area contributed by atoms with Crippen molar-refractivity contribution >= 4 is 11.8 Å². The molecule has 0 spiro atoms. The molecule has 2 amide bonds. The Balaban J connectivity index is 1.53. The van der Waals surface area contributed by atoms with Crippen molar-refractivity contribution in [3.05, 3.63) is 35.4 Å². The first-order valence-corrected chi connectivity index (χ1v) is 9.91. The third-order valence-corrected chi connectivity index (χ3v) is 5.88. The molecule has 2 aliphatic rings. The Morgan fingerprint density at radius 3 is 2.41 bits per heavy atom. The van der Waals surface area contributed by atoms with Crippen LogP contribution >= 0.6 is 0 Å². The molecule has 2 fully saturated rings. The zero-order chi connectivity index (χ0) is 19.3. The molecule has 3 rings (SSSR count). The Morgan fingerprint density at radius 1 is 1.19 bits per heavy atom. The molecule has 0 radical (unpaired) electrons. The smallest absolute Gasteiger partial charge is 0.253 e. The second-order valence-corrected chi connectivity index (χ2v) is 7.87. The average molecular weight is 373 g/mol. The van der Waals surface area contributed by atoms with Gasteiger partial charge in [0.05, 0.1) is 12.0 Å². The Kier molecular flexibility index (Phi) is 6.50. The summed E-state index contributed by atoms with van der Waals surface area (Å²) < 4.78 is 5.36. The lowest BCUT2D eigenvalue weighted by Gasteiger charge is -2.38. The lowest BCUT2D eigenvalue weighted by atomic mass is 9.78. The molecule has 0 atom stereocenters. The minimum absolute atomic E-state index is 0.0778. The van der Waals surface area contributed by atoms with Crippen molar-refractivity contribution in [1.29, 1.82) is 0 Å². The number of piperidine rings is 2. The summed E-state index contributed by atoms with van der Waals surface area (Å²) in [6, 6.07) is 7.83. The van der Waals surface area contributed by atoms with Gasteiger partial charge in [0, 0.05) is 31.8 Å². The highest BCUT2D eigenvalue weighted by Crippen LogP contribution is 2.30. The number of benzene rings is 1. The number of carbonyl (C=O) groups is 2. The molecule has 27 heavy (non-hydrogen) atoms. The predicted octanol–water partition coefficient (Wildman–Crippen LogP) is 1.73. The number of nitrogens with zero attached hydrogens (tertiary/aromatic N) is 1. The number of carbonyl (C=O) groups excluding carboxylic acids is 2. The van der Waals surface area contributed by atoms with Gasteiger partial charge in [0.25, 0.3) is 5.91 Å². The summed E-state index contributed by atoms with van der Waals surface area (Å²) >= 11 is 0. The van der Waals surface area contributed by atoms with Gasteiger partial charge in [0.2, 0.25) is 5.91 Å². The van der Waals surface area contributed by atoms with Gasteiger partial charge >= 0.3 is 0 Å². The van der Waals surface area contributed by atoms with Crippen molar-refractivity contribution in [3.8, 4) is 0 Å². The van der Waals surface area contributed by atoms with E-state index in [1.54, 1.807) is 7.11 Å². The molecule has 2 aliphatic heterocycles. The van der Waals surface area contributed by atoms with Crippen LogP contribution in [0.4, 0.5) is 0 Å². The van der Waals surface area contributed by atoms with Gasteiger partial charge < -0.3 is 20.3 Å². The quantitative estimate of drug-likeness (QED) is 0.825. The summed E-state index contributed by atoms with van der Waals surface area (Å²) in [5, 5.41) is 6.55. The largest absolute Gasteiger partial charge is 0.384 e. The molecule has 2 saturated heterocycles. The maximum absolute atomic E-state index is 12.9. The van der Waals surface area contributed by atoms with Crippen LogP contribution in [0.2, 0.25) is 0 Å². The van der Waals surface area contributed by atoms with Crippen LogP contribution in [-0.2, 0) is 9.53 Å². The summed E-state index contributed by atoms with van der Waals surface area (Å²) in [5.74, 6) is 0.183. The maximum atomic E-state index is 12.9. The highest BCUT2D eigenvalue weighted by Gasteiger charge is 2.40. The predicted molar refractivity (Wildman–Crippen MR) is 105 cm³/mol. The van der Waals surface area contributed by atoms with Crippen LogP contribution < -0.4 is 10.6 Å². The highest BCUT2D eigenvalue weighted by atomic mass is 16.5. The summed E-state index contributed by atoms with van der Waals surface area (Å²) in [5.41, 5.74) is 1.46. The molecule has 2 heterocycles.